The molecule has 44 valence electrons. The van der Waals surface area contributed by atoms with Gasteiger partial charge in [0.2, 0.25) is 0 Å². The maximum absolute atomic E-state index is 3.71. The van der Waals surface area contributed by atoms with E-state index in [0.717, 1.165) is 4.47 Å². The summed E-state index contributed by atoms with van der Waals surface area (Å²) in [6, 6.07) is 3.64. The summed E-state index contributed by atoms with van der Waals surface area (Å²) in [4.78, 5) is 3.71. The SMILES string of the molecule is Brc1cc[c-]nc1.[Zn+][I]. The summed E-state index contributed by atoms with van der Waals surface area (Å²) in [5, 5.41) is 0. The first-order chi connectivity index (χ1) is 4.39. The van der Waals surface area contributed by atoms with Gasteiger partial charge in [-0.25, -0.2) is 0 Å². The molecule has 0 fully saturated rings. The average Bonchev–Trinajstić information content (AvgIpc) is 1.94. The van der Waals surface area contributed by atoms with Crippen LogP contribution in [0.3, 0.4) is 0 Å². The van der Waals surface area contributed by atoms with Gasteiger partial charge in [-0.1, -0.05) is 32.8 Å². The van der Waals surface area contributed by atoms with Crippen LogP contribution in [0.4, 0.5) is 0 Å². The zero-order chi connectivity index (χ0) is 7.11. The molecule has 0 aliphatic carbocycles. The maximum atomic E-state index is 3.71. The Hall–Kier alpha value is 0.983. The molecule has 0 aromatic carbocycles. The molecule has 0 aliphatic rings. The van der Waals surface area contributed by atoms with Gasteiger partial charge in [0.25, 0.3) is 0 Å². The topological polar surface area (TPSA) is 12.9 Å². The quantitative estimate of drug-likeness (QED) is 0.399. The van der Waals surface area contributed by atoms with Crippen LogP contribution in [0.2, 0.25) is 0 Å². The van der Waals surface area contributed by atoms with Gasteiger partial charge in [-0.3, -0.25) is 0 Å². The molecular formula is C5H3BrINZn. The van der Waals surface area contributed by atoms with E-state index in [-0.39, 0.29) is 0 Å². The zero-order valence-electron chi connectivity index (χ0n) is 4.64. The van der Waals surface area contributed by atoms with E-state index in [9.17, 15) is 0 Å². The van der Waals surface area contributed by atoms with Crippen molar-refractivity contribution in [2.45, 2.75) is 0 Å². The van der Waals surface area contributed by atoms with Crippen LogP contribution in [0, 0.1) is 6.20 Å². The molecule has 1 aromatic rings. The van der Waals surface area contributed by atoms with Crippen molar-refractivity contribution >= 4 is 35.7 Å². The Bertz CT molecular complexity index is 147. The Balaban J connectivity index is 0.000000291. The van der Waals surface area contributed by atoms with Crippen molar-refractivity contribution in [1.29, 1.82) is 0 Å². The van der Waals surface area contributed by atoms with Gasteiger partial charge in [0.05, 0.1) is 0 Å². The fourth-order valence-electron chi connectivity index (χ4n) is 0.302. The van der Waals surface area contributed by atoms with Crippen molar-refractivity contribution in [3.05, 3.63) is 29.0 Å². The molecule has 1 heterocycles. The number of hydrogen-bond acceptors (Lipinski definition) is 1. The molecule has 0 saturated heterocycles. The second-order valence-corrected chi connectivity index (χ2v) is 2.02. The summed E-state index contributed by atoms with van der Waals surface area (Å²) in [5.41, 5.74) is 0. The van der Waals surface area contributed by atoms with E-state index < -0.39 is 0 Å². The Morgan fingerprint density at radius 3 is 2.56 bits per heavy atom. The summed E-state index contributed by atoms with van der Waals surface area (Å²) in [5.74, 6) is 0. The van der Waals surface area contributed by atoms with Gasteiger partial charge in [0, 0.05) is 0 Å². The van der Waals surface area contributed by atoms with E-state index in [1.165, 1.54) is 14.8 Å². The molecule has 1 rings (SSSR count). The molecule has 0 bridgehead atoms. The van der Waals surface area contributed by atoms with Gasteiger partial charge < -0.3 is 4.98 Å². The summed E-state index contributed by atoms with van der Waals surface area (Å²) < 4.78 is 0.992. The molecule has 0 radical (unpaired) electrons. The molecule has 0 aliphatic heterocycles. The second kappa shape index (κ2) is 7.09. The predicted octanol–water partition coefficient (Wildman–Crippen LogP) is 2.53. The van der Waals surface area contributed by atoms with Crippen molar-refractivity contribution in [2.75, 3.05) is 0 Å². The summed E-state index contributed by atoms with van der Waals surface area (Å²) in [6.07, 6.45) is 4.35. The fourth-order valence-corrected chi connectivity index (χ4v) is 0.536. The van der Waals surface area contributed by atoms with Gasteiger partial charge >= 0.3 is 34.5 Å². The molecule has 9 heavy (non-hydrogen) atoms. The molecule has 0 atom stereocenters. The number of nitrogens with zero attached hydrogens (tertiary/aromatic N) is 1. The number of hydrogen-bond donors (Lipinski definition) is 0. The minimum atomic E-state index is 0.992. The Morgan fingerprint density at radius 2 is 2.33 bits per heavy atom. The van der Waals surface area contributed by atoms with Crippen molar-refractivity contribution in [3.8, 4) is 0 Å². The predicted molar refractivity (Wildman–Crippen MR) is 44.8 cm³/mol. The van der Waals surface area contributed by atoms with Crippen LogP contribution in [0.25, 0.3) is 0 Å². The van der Waals surface area contributed by atoms with Crippen molar-refractivity contribution in [2.24, 2.45) is 0 Å². The molecular weight excluding hydrogens is 346 g/mol. The van der Waals surface area contributed by atoms with E-state index in [1.807, 2.05) is 6.07 Å². The van der Waals surface area contributed by atoms with E-state index in [1.54, 1.807) is 12.3 Å². The van der Waals surface area contributed by atoms with Crippen LogP contribution in [-0.4, -0.2) is 4.98 Å². The first-order valence-electron chi connectivity index (χ1n) is 2.14. The van der Waals surface area contributed by atoms with Gasteiger partial charge in [-0.2, -0.15) is 12.1 Å². The van der Waals surface area contributed by atoms with Gasteiger partial charge in [-0.05, 0) is 0 Å². The molecule has 0 N–H and O–H groups in total. The molecule has 4 heteroatoms. The van der Waals surface area contributed by atoms with Crippen molar-refractivity contribution in [1.82, 2.24) is 4.98 Å². The Morgan fingerprint density at radius 1 is 1.67 bits per heavy atom. The Kier molecular flexibility index (Phi) is 7.87. The van der Waals surface area contributed by atoms with Crippen LogP contribution in [-0.2, 0) is 14.8 Å². The number of rotatable bonds is 0. The standard InChI is InChI=1S/C5H3BrN.HI.Zn/c6-5-2-1-3-7-4-5;;/h1-2,4H;1H;/q-1;;+2/p-1. The van der Waals surface area contributed by atoms with Crippen molar-refractivity contribution < 1.29 is 14.8 Å². The summed E-state index contributed by atoms with van der Waals surface area (Å²) in [7, 11) is 0. The molecule has 0 spiro atoms. The van der Waals surface area contributed by atoms with Crippen LogP contribution in [0.5, 0.6) is 0 Å². The first-order valence-corrected chi connectivity index (χ1v) is 12.0. The normalized spacial score (nSPS) is 7.56. The van der Waals surface area contributed by atoms with E-state index in [4.69, 9.17) is 0 Å². The monoisotopic (exact) mass is 347 g/mol. The average molecular weight is 349 g/mol. The van der Waals surface area contributed by atoms with Gasteiger partial charge in [0.15, 0.2) is 0 Å². The summed E-state index contributed by atoms with van der Waals surface area (Å²) >= 11 is 6.85. The molecule has 0 saturated carbocycles. The van der Waals surface area contributed by atoms with Gasteiger partial charge in [0.1, 0.15) is 0 Å². The number of halogens is 2. The zero-order valence-corrected chi connectivity index (χ0v) is 11.4. The van der Waals surface area contributed by atoms with E-state index in [0.29, 0.717) is 0 Å². The molecule has 1 aromatic heterocycles. The minimum absolute atomic E-state index is 0.992. The van der Waals surface area contributed by atoms with E-state index in [2.05, 4.69) is 46.9 Å². The summed E-state index contributed by atoms with van der Waals surface area (Å²) in [6.45, 7) is 0. The first kappa shape index (κ1) is 9.98. The molecule has 1 nitrogen and oxygen atoms in total. The van der Waals surface area contributed by atoms with E-state index >= 15 is 0 Å². The third kappa shape index (κ3) is 5.43. The van der Waals surface area contributed by atoms with Crippen LogP contribution >= 0.6 is 35.7 Å². The third-order valence-electron chi connectivity index (χ3n) is 0.580. The van der Waals surface area contributed by atoms with Crippen LogP contribution < -0.4 is 0 Å². The third-order valence-corrected chi connectivity index (χ3v) is 1.05. The molecule has 0 unspecified atom stereocenters. The Labute approximate surface area is 83.6 Å². The van der Waals surface area contributed by atoms with Crippen LogP contribution in [0.1, 0.15) is 0 Å². The number of aromatic nitrogens is 1. The second-order valence-electron chi connectivity index (χ2n) is 1.11. The van der Waals surface area contributed by atoms with Gasteiger partial charge in [-0.15, -0.1) is 0 Å². The molecule has 0 amide bonds. The number of pyridine rings is 1. The fraction of sp³-hybridized carbons (Fsp3) is 0. The van der Waals surface area contributed by atoms with Crippen molar-refractivity contribution in [3.63, 3.8) is 0 Å². The van der Waals surface area contributed by atoms with Crippen LogP contribution in [0.15, 0.2) is 22.8 Å².